The van der Waals surface area contributed by atoms with E-state index in [1.807, 2.05) is 325 Å². The highest BCUT2D eigenvalue weighted by Crippen LogP contribution is 2.48. The number of nitrogens with zero attached hydrogens (tertiary/aromatic N) is 15. The molecule has 0 aliphatic heterocycles. The van der Waals surface area contributed by atoms with Crippen molar-refractivity contribution in [1.82, 2.24) is 68.9 Å². The summed E-state index contributed by atoms with van der Waals surface area (Å²) in [5, 5.41) is 13.4. The van der Waals surface area contributed by atoms with Crippen LogP contribution in [-0.2, 0) is 6.18 Å². The predicted octanol–water partition coefficient (Wildman–Crippen LogP) is 23.2. The number of hydrogen-bond donors (Lipinski definition) is 0. The van der Waals surface area contributed by atoms with Gasteiger partial charge in [-0.05, 0) is 59.7 Å². The number of rotatable bonds is 15. The molecule has 0 fully saturated rings. The van der Waals surface area contributed by atoms with Gasteiger partial charge in [-0.2, -0.15) is 18.4 Å². The van der Waals surface area contributed by atoms with Crippen LogP contribution < -0.4 is 0 Å². The van der Waals surface area contributed by atoms with E-state index in [2.05, 4.69) is 6.07 Å². The van der Waals surface area contributed by atoms with Gasteiger partial charge in [-0.15, -0.1) is 0 Å². The van der Waals surface area contributed by atoms with Crippen LogP contribution in [0, 0.1) is 11.3 Å². The molecule has 0 unspecified atom stereocenters. The molecule has 6 heterocycles. The molecule has 0 amide bonds. The second kappa shape index (κ2) is 29.0. The zero-order valence-electron chi connectivity index (χ0n) is 61.3. The number of hydrogen-bond acceptors (Lipinski definition) is 13. The maximum atomic E-state index is 17.4. The number of alkyl halides is 3. The second-order valence-corrected chi connectivity index (χ2v) is 27.8. The molecule has 116 heavy (non-hydrogen) atoms. The summed E-state index contributed by atoms with van der Waals surface area (Å²) in [6, 6.07) is 112. The zero-order chi connectivity index (χ0) is 77.8. The average Bonchev–Trinajstić information content (AvgIpc) is 1.54. The van der Waals surface area contributed by atoms with Crippen molar-refractivity contribution in [3.05, 3.63) is 363 Å². The minimum atomic E-state index is -5.03. The Labute approximate surface area is 661 Å². The molecule has 0 aliphatic carbocycles. The highest BCUT2D eigenvalue weighted by atomic mass is 19.4. The molecular formula is C98H58F3N15. The molecule has 0 spiro atoms. The standard InChI is InChI=1S/C98H58F3N15/c99-98(100,101)79-58-85(116-82-55-72(96-111-90(65-35-17-5-18-36-65)105-91(112-96)66-37-19-6-20-38-66)46-50-76(82)77-51-47-73(56-83(77)116)97-113-92(67-39-21-7-22-40-67)106-93(114-97)68-41-23-8-24-42-68)84(57-78(79)69-43-25-26-60(52-69)59-102)115-80-53-70(94-107-86(61-27-9-1-10-28-61)103-87(108-94)62-29-11-2-12-30-62)44-48-74(80)75-49-45-71(54-81(75)115)95-109-88(63-31-13-3-14-32-63)104-89(110-95)64-33-15-4-16-34-64/h1-58H. The van der Waals surface area contributed by atoms with Crippen molar-refractivity contribution in [3.8, 4) is 165 Å². The molecule has 0 saturated heterocycles. The van der Waals surface area contributed by atoms with Crippen LogP contribution in [0.3, 0.4) is 0 Å². The molecule has 20 aromatic rings. The Morgan fingerprint density at radius 1 is 0.216 bits per heavy atom. The van der Waals surface area contributed by atoms with Gasteiger partial charge in [-0.1, -0.05) is 303 Å². The van der Waals surface area contributed by atoms with E-state index in [0.717, 1.165) is 55.3 Å². The largest absolute Gasteiger partial charge is 0.417 e. The first-order chi connectivity index (χ1) is 57.0. The molecule has 6 aromatic heterocycles. The molecule has 0 saturated carbocycles. The summed E-state index contributed by atoms with van der Waals surface area (Å²) in [7, 11) is 0. The quantitative estimate of drug-likeness (QED) is 0.0944. The molecule has 20 rings (SSSR count). The lowest BCUT2D eigenvalue weighted by atomic mass is 9.95. The molecule has 15 nitrogen and oxygen atoms in total. The lowest BCUT2D eigenvalue weighted by Gasteiger charge is -2.22. The number of halogens is 3. The maximum absolute atomic E-state index is 17.4. The van der Waals surface area contributed by atoms with Crippen LogP contribution >= 0.6 is 0 Å². The van der Waals surface area contributed by atoms with Gasteiger partial charge >= 0.3 is 6.18 Å². The molecule has 0 radical (unpaired) electrons. The fourth-order valence-corrected chi connectivity index (χ4v) is 15.0. The third-order valence-electron chi connectivity index (χ3n) is 20.6. The van der Waals surface area contributed by atoms with E-state index in [9.17, 15) is 5.26 Å². The highest BCUT2D eigenvalue weighted by Gasteiger charge is 2.37. The van der Waals surface area contributed by atoms with Crippen molar-refractivity contribution in [2.75, 3.05) is 0 Å². The van der Waals surface area contributed by atoms with Gasteiger partial charge in [0.1, 0.15) is 0 Å². The molecule has 0 atom stereocenters. The van der Waals surface area contributed by atoms with E-state index in [1.54, 1.807) is 24.3 Å². The molecule has 18 heteroatoms. The van der Waals surface area contributed by atoms with E-state index in [1.165, 1.54) is 12.1 Å². The van der Waals surface area contributed by atoms with Crippen LogP contribution in [-0.4, -0.2) is 68.9 Å². The fourth-order valence-electron chi connectivity index (χ4n) is 15.0. The van der Waals surface area contributed by atoms with Gasteiger partial charge in [0.2, 0.25) is 0 Å². The van der Waals surface area contributed by atoms with Crippen LogP contribution in [0.4, 0.5) is 13.2 Å². The first-order valence-corrected chi connectivity index (χ1v) is 37.5. The van der Waals surface area contributed by atoms with Crippen LogP contribution in [0.15, 0.2) is 352 Å². The van der Waals surface area contributed by atoms with Crippen molar-refractivity contribution in [2.45, 2.75) is 6.18 Å². The topological polar surface area (TPSA) is 188 Å². The molecule has 0 aliphatic rings. The van der Waals surface area contributed by atoms with E-state index in [0.29, 0.717) is 125 Å². The SMILES string of the molecule is N#Cc1cccc(-c2cc(-n3c4cc(-c5nc(-c6ccccc6)nc(-c6ccccc6)n5)ccc4c4ccc(-c5nc(-c6ccccc6)nc(-c6ccccc6)n5)cc43)c(-n3c4cc(-c5nc(-c6ccccc6)nc(-c6ccccc6)n5)ccc4c4ccc(-c5nc(-c6ccccc6)nc(-c6ccccc6)n5)cc43)cc2C(F)(F)F)c1. The summed E-state index contributed by atoms with van der Waals surface area (Å²) in [5.41, 5.74) is 9.81. The third kappa shape index (κ3) is 13.0. The Balaban J connectivity index is 0.929. The van der Waals surface area contributed by atoms with Crippen LogP contribution in [0.2, 0.25) is 0 Å². The summed E-state index contributed by atoms with van der Waals surface area (Å²) in [6.07, 6.45) is -5.03. The van der Waals surface area contributed by atoms with Crippen molar-refractivity contribution in [3.63, 3.8) is 0 Å². The fraction of sp³-hybridized carbons (Fsp3) is 0.0102. The van der Waals surface area contributed by atoms with Gasteiger partial charge in [0.15, 0.2) is 69.9 Å². The number of aromatic nitrogens is 14. The summed E-state index contributed by atoms with van der Waals surface area (Å²) >= 11 is 0. The van der Waals surface area contributed by atoms with E-state index in [-0.39, 0.29) is 28.1 Å². The van der Waals surface area contributed by atoms with Crippen molar-refractivity contribution < 1.29 is 13.2 Å². The van der Waals surface area contributed by atoms with Gasteiger partial charge in [0, 0.05) is 88.3 Å². The monoisotopic (exact) mass is 1500 g/mol. The summed E-state index contributed by atoms with van der Waals surface area (Å²) < 4.78 is 56.0. The normalized spacial score (nSPS) is 11.6. The smallest absolute Gasteiger partial charge is 0.307 e. The Kier molecular flexibility index (Phi) is 17.3. The summed E-state index contributed by atoms with van der Waals surface area (Å²) in [6.45, 7) is 0. The van der Waals surface area contributed by atoms with E-state index < -0.39 is 11.7 Å². The lowest BCUT2D eigenvalue weighted by molar-refractivity contribution is -0.137. The first-order valence-electron chi connectivity index (χ1n) is 37.5. The van der Waals surface area contributed by atoms with Crippen molar-refractivity contribution in [1.29, 1.82) is 5.26 Å². The molecule has 14 aromatic carbocycles. The van der Waals surface area contributed by atoms with Gasteiger partial charge in [-0.25, -0.2) is 59.8 Å². The molecular weight excluding hydrogens is 1440 g/mol. The van der Waals surface area contributed by atoms with Gasteiger partial charge < -0.3 is 9.13 Å². The van der Waals surface area contributed by atoms with E-state index in [4.69, 9.17) is 59.8 Å². The third-order valence-corrected chi connectivity index (χ3v) is 20.6. The Morgan fingerprint density at radius 2 is 0.431 bits per heavy atom. The number of fused-ring (bicyclic) bond motifs is 6. The zero-order valence-corrected chi connectivity index (χ0v) is 61.3. The van der Waals surface area contributed by atoms with Gasteiger partial charge in [0.25, 0.3) is 0 Å². The highest BCUT2D eigenvalue weighted by molar-refractivity contribution is 6.14. The van der Waals surface area contributed by atoms with Crippen molar-refractivity contribution >= 4 is 43.6 Å². The van der Waals surface area contributed by atoms with Crippen molar-refractivity contribution in [2.24, 2.45) is 0 Å². The molecule has 546 valence electrons. The first kappa shape index (κ1) is 69.2. The number of benzene rings is 14. The second-order valence-electron chi connectivity index (χ2n) is 27.8. The summed E-state index contributed by atoms with van der Waals surface area (Å²) in [5.74, 6) is 4.64. The van der Waals surface area contributed by atoms with Crippen LogP contribution in [0.5, 0.6) is 0 Å². The minimum Gasteiger partial charge on any atom is -0.307 e. The maximum Gasteiger partial charge on any atom is 0.417 e. The van der Waals surface area contributed by atoms with E-state index >= 15 is 13.2 Å². The predicted molar refractivity (Wildman–Crippen MR) is 449 cm³/mol. The van der Waals surface area contributed by atoms with Crippen LogP contribution in [0.1, 0.15) is 11.1 Å². The lowest BCUT2D eigenvalue weighted by Crippen LogP contribution is -2.12. The Bertz CT molecular complexity index is 6640. The Hall–Kier alpha value is -16.0. The molecule has 0 N–H and O–H groups in total. The number of nitriles is 1. The molecule has 0 bridgehead atoms. The van der Waals surface area contributed by atoms with Gasteiger partial charge in [0.05, 0.1) is 50.6 Å². The Morgan fingerprint density at radius 3 is 0.655 bits per heavy atom. The average molecular weight is 1500 g/mol. The van der Waals surface area contributed by atoms with Gasteiger partial charge in [-0.3, -0.25) is 0 Å². The summed E-state index contributed by atoms with van der Waals surface area (Å²) in [4.78, 5) is 62.0. The minimum absolute atomic E-state index is 0.0911. The van der Waals surface area contributed by atoms with Crippen LogP contribution in [0.25, 0.3) is 203 Å².